The van der Waals surface area contributed by atoms with Gasteiger partial charge in [0, 0.05) is 12.8 Å². The maximum Gasteiger partial charge on any atom is 0.472 e. The van der Waals surface area contributed by atoms with Crippen LogP contribution in [0.15, 0.2) is 85.1 Å². The first kappa shape index (κ1) is 81.2. The van der Waals surface area contributed by atoms with Crippen LogP contribution in [-0.2, 0) is 32.7 Å². The summed E-state index contributed by atoms with van der Waals surface area (Å²) < 4.78 is 34.7. The van der Waals surface area contributed by atoms with E-state index < -0.39 is 26.5 Å². The Morgan fingerprint density at radius 3 is 1.01 bits per heavy atom. The van der Waals surface area contributed by atoms with Crippen molar-refractivity contribution >= 4 is 19.8 Å². The third-order valence-corrected chi connectivity index (χ3v) is 16.4. The summed E-state index contributed by atoms with van der Waals surface area (Å²) in [6.07, 6.45) is 88.5. The second-order valence-electron chi connectivity index (χ2n) is 24.9. The highest BCUT2D eigenvalue weighted by molar-refractivity contribution is 7.47. The van der Waals surface area contributed by atoms with E-state index in [4.69, 9.17) is 18.5 Å². The van der Waals surface area contributed by atoms with Gasteiger partial charge in [-0.3, -0.25) is 18.6 Å². The molecule has 0 rings (SSSR count). The first-order chi connectivity index (χ1) is 41.0. The van der Waals surface area contributed by atoms with Gasteiger partial charge in [0.15, 0.2) is 6.10 Å². The van der Waals surface area contributed by atoms with Gasteiger partial charge in [-0.05, 0) is 70.6 Å². The van der Waals surface area contributed by atoms with Crippen LogP contribution in [-0.4, -0.2) is 74.9 Å². The van der Waals surface area contributed by atoms with Crippen LogP contribution in [0.25, 0.3) is 0 Å². The number of quaternary nitrogens is 1. The molecule has 1 N–H and O–H groups in total. The molecule has 84 heavy (non-hydrogen) atoms. The lowest BCUT2D eigenvalue weighted by Gasteiger charge is -2.24. The van der Waals surface area contributed by atoms with Gasteiger partial charge in [0.2, 0.25) is 0 Å². The van der Waals surface area contributed by atoms with E-state index in [0.717, 1.165) is 83.5 Å². The molecule has 0 radical (unpaired) electrons. The van der Waals surface area contributed by atoms with E-state index in [1.165, 1.54) is 205 Å². The zero-order valence-corrected chi connectivity index (χ0v) is 56.5. The molecule has 2 unspecified atom stereocenters. The van der Waals surface area contributed by atoms with Gasteiger partial charge in [0.25, 0.3) is 0 Å². The first-order valence-corrected chi connectivity index (χ1v) is 36.8. The molecule has 0 saturated heterocycles. The predicted molar refractivity (Wildman–Crippen MR) is 362 cm³/mol. The molecule has 0 aromatic heterocycles. The molecule has 0 bridgehead atoms. The Morgan fingerprint density at radius 2 is 0.679 bits per heavy atom. The summed E-state index contributed by atoms with van der Waals surface area (Å²) in [4.78, 5) is 35.8. The third kappa shape index (κ3) is 68.3. The Hall–Kier alpha value is -2.81. The number of allylic oxidation sites excluding steroid dienone is 14. The van der Waals surface area contributed by atoms with E-state index in [0.29, 0.717) is 17.4 Å². The second-order valence-corrected chi connectivity index (χ2v) is 26.4. The lowest BCUT2D eigenvalue weighted by molar-refractivity contribution is -0.870. The molecule has 2 atom stereocenters. The highest BCUT2D eigenvalue weighted by Crippen LogP contribution is 2.43. The molecule has 488 valence electrons. The molecule has 0 aliphatic carbocycles. The van der Waals surface area contributed by atoms with Crippen molar-refractivity contribution in [1.82, 2.24) is 0 Å². The zero-order valence-electron chi connectivity index (χ0n) is 55.6. The lowest BCUT2D eigenvalue weighted by Crippen LogP contribution is -2.37. The number of carbonyl (C=O) groups is 2. The Bertz CT molecular complexity index is 1690. The number of phosphoric ester groups is 1. The van der Waals surface area contributed by atoms with Crippen LogP contribution in [0.3, 0.4) is 0 Å². The molecule has 0 aromatic rings. The minimum absolute atomic E-state index is 0.0220. The molecule has 0 fully saturated rings. The van der Waals surface area contributed by atoms with Gasteiger partial charge >= 0.3 is 19.8 Å². The Morgan fingerprint density at radius 1 is 0.381 bits per heavy atom. The summed E-state index contributed by atoms with van der Waals surface area (Å²) in [5, 5.41) is 0. The minimum Gasteiger partial charge on any atom is -0.462 e. The molecular weight excluding hydrogens is 1060 g/mol. The van der Waals surface area contributed by atoms with E-state index in [1.807, 2.05) is 21.1 Å². The summed E-state index contributed by atoms with van der Waals surface area (Å²) in [7, 11) is 1.45. The maximum absolute atomic E-state index is 12.8. The number of hydrogen-bond donors (Lipinski definition) is 1. The summed E-state index contributed by atoms with van der Waals surface area (Å²) in [5.41, 5.74) is 0. The SMILES string of the molecule is CC/C=C\C/C=C\C/C=C\C/C=C\C/C=C\C/C=C\C/C=C\CCCCCC(=O)OC(COC(=O)CCCCCCCCCCCCCCCCCCCCCCCCCCCCCCCCCCCCC)COP(=O)(O)OCC[N+](C)(C)C. The van der Waals surface area contributed by atoms with Crippen LogP contribution in [0.5, 0.6) is 0 Å². The van der Waals surface area contributed by atoms with Crippen molar-refractivity contribution in [3.05, 3.63) is 85.1 Å². The Kier molecular flexibility index (Phi) is 62.5. The monoisotopic (exact) mass is 1200 g/mol. The van der Waals surface area contributed by atoms with Gasteiger partial charge in [0.1, 0.15) is 19.8 Å². The molecule has 9 nitrogen and oxygen atoms in total. The highest BCUT2D eigenvalue weighted by atomic mass is 31.2. The Labute approximate surface area is 520 Å². The fourth-order valence-corrected chi connectivity index (χ4v) is 10.8. The summed E-state index contributed by atoms with van der Waals surface area (Å²) in [5.74, 6) is -0.828. The van der Waals surface area contributed by atoms with Crippen molar-refractivity contribution in [3.8, 4) is 0 Å². The zero-order chi connectivity index (χ0) is 61.2. The number of ether oxygens (including phenoxy) is 2. The molecule has 0 spiro atoms. The summed E-state index contributed by atoms with van der Waals surface area (Å²) in [6, 6.07) is 0. The number of unbranched alkanes of at least 4 members (excludes halogenated alkanes) is 37. The number of phosphoric acid groups is 1. The van der Waals surface area contributed by atoms with Crippen molar-refractivity contribution in [2.45, 2.75) is 328 Å². The predicted octanol–water partition coefficient (Wildman–Crippen LogP) is 22.9. The molecule has 0 saturated carbocycles. The molecule has 0 heterocycles. The van der Waals surface area contributed by atoms with Gasteiger partial charge < -0.3 is 18.9 Å². The normalized spacial score (nSPS) is 13.6. The van der Waals surface area contributed by atoms with Gasteiger partial charge in [0.05, 0.1) is 27.7 Å². The van der Waals surface area contributed by atoms with E-state index in [2.05, 4.69) is 98.9 Å². The van der Waals surface area contributed by atoms with Crippen LogP contribution >= 0.6 is 7.82 Å². The number of rotatable bonds is 65. The molecule has 0 aliphatic rings. The third-order valence-electron chi connectivity index (χ3n) is 15.4. The van der Waals surface area contributed by atoms with E-state index in [-0.39, 0.29) is 32.0 Å². The number of hydrogen-bond acceptors (Lipinski definition) is 7. The van der Waals surface area contributed by atoms with Gasteiger partial charge in [-0.2, -0.15) is 0 Å². The van der Waals surface area contributed by atoms with Crippen LogP contribution in [0.2, 0.25) is 0 Å². The first-order valence-electron chi connectivity index (χ1n) is 35.3. The van der Waals surface area contributed by atoms with Crippen LogP contribution < -0.4 is 0 Å². The van der Waals surface area contributed by atoms with Gasteiger partial charge in [-0.25, -0.2) is 4.57 Å². The number of likely N-dealkylation sites (N-methyl/N-ethyl adjacent to an activating group) is 1. The summed E-state index contributed by atoms with van der Waals surface area (Å²) in [6.45, 7) is 4.32. The van der Waals surface area contributed by atoms with Gasteiger partial charge in [-0.1, -0.05) is 324 Å². The van der Waals surface area contributed by atoms with E-state index >= 15 is 0 Å². The smallest absolute Gasteiger partial charge is 0.462 e. The molecule has 0 aromatic carbocycles. The van der Waals surface area contributed by atoms with Crippen molar-refractivity contribution < 1.29 is 42.1 Å². The van der Waals surface area contributed by atoms with Crippen LogP contribution in [0.4, 0.5) is 0 Å². The number of nitrogens with zero attached hydrogens (tertiary/aromatic N) is 1. The minimum atomic E-state index is -4.41. The highest BCUT2D eigenvalue weighted by Gasteiger charge is 2.27. The van der Waals surface area contributed by atoms with Crippen molar-refractivity contribution in [2.75, 3.05) is 47.5 Å². The molecule has 10 heteroatoms. The molecule has 0 amide bonds. The quantitative estimate of drug-likeness (QED) is 0.0211. The number of carbonyl (C=O) groups excluding carboxylic acids is 2. The van der Waals surface area contributed by atoms with Crippen LogP contribution in [0, 0.1) is 0 Å². The molecular formula is C74H135NO8P+. The standard InChI is InChI=1S/C74H134NO8P/c1-6-8-10-12-14-16-18-20-22-24-26-28-30-32-33-34-35-36-37-38-39-40-41-43-44-46-48-50-52-54-56-58-60-62-64-66-73(76)80-70-72(71-82-84(78,79)81-69-68-75(3,4)5)83-74(77)67-65-63-61-59-57-55-53-51-49-47-45-42-31-29-27-25-23-21-19-17-15-13-11-9-7-2/h9,11,15,17,21,23,27,29,42,45,49,51,55,57,72H,6-8,10,12-14,16,18-20,22,24-26,28,30-41,43-44,46-48,50,52-54,56,58-71H2,1-5H3/p+1/b11-9-,17-15-,23-21-,29-27-,45-42-,51-49-,57-55-. The van der Waals surface area contributed by atoms with Crippen molar-refractivity contribution in [1.29, 1.82) is 0 Å². The van der Waals surface area contributed by atoms with Gasteiger partial charge in [-0.15, -0.1) is 0 Å². The fourth-order valence-electron chi connectivity index (χ4n) is 10.1. The Balaban J connectivity index is 4.03. The average Bonchev–Trinajstić information content (AvgIpc) is 3.60. The van der Waals surface area contributed by atoms with E-state index in [1.54, 1.807) is 0 Å². The topological polar surface area (TPSA) is 108 Å². The average molecular weight is 1200 g/mol. The van der Waals surface area contributed by atoms with E-state index in [9.17, 15) is 19.0 Å². The maximum atomic E-state index is 12.8. The van der Waals surface area contributed by atoms with Crippen molar-refractivity contribution in [2.24, 2.45) is 0 Å². The lowest BCUT2D eigenvalue weighted by atomic mass is 10.0. The van der Waals surface area contributed by atoms with Crippen molar-refractivity contribution in [3.63, 3.8) is 0 Å². The second kappa shape index (κ2) is 64.7. The largest absolute Gasteiger partial charge is 0.472 e. The summed E-state index contributed by atoms with van der Waals surface area (Å²) >= 11 is 0. The fraction of sp³-hybridized carbons (Fsp3) is 0.784. The van der Waals surface area contributed by atoms with Crippen LogP contribution in [0.1, 0.15) is 322 Å². The molecule has 0 aliphatic heterocycles. The number of esters is 2.